The summed E-state index contributed by atoms with van der Waals surface area (Å²) in [6, 6.07) is 30.2. The molecule has 4 aromatic carbocycles. The first-order chi connectivity index (χ1) is 47.1. The van der Waals surface area contributed by atoms with Gasteiger partial charge >= 0.3 is 0 Å². The van der Waals surface area contributed by atoms with Crippen molar-refractivity contribution in [2.24, 2.45) is 11.8 Å². The van der Waals surface area contributed by atoms with E-state index in [0.717, 1.165) is 11.1 Å². The van der Waals surface area contributed by atoms with E-state index in [1.54, 1.807) is 91.5 Å². The monoisotopic (exact) mass is 1330 g/mol. The van der Waals surface area contributed by atoms with Crippen molar-refractivity contribution in [2.45, 2.75) is 171 Å². The van der Waals surface area contributed by atoms with Crippen molar-refractivity contribution in [3.05, 3.63) is 144 Å². The number of hydrogen-bond donors (Lipinski definition) is 12. The summed E-state index contributed by atoms with van der Waals surface area (Å²) >= 11 is 0. The predicted molar refractivity (Wildman–Crippen MR) is 368 cm³/mol. The van der Waals surface area contributed by atoms with Gasteiger partial charge in [-0.05, 0) is 101 Å². The molecule has 4 fully saturated rings. The normalized spacial score (nSPS) is 21.6. The molecule has 24 heteroatoms. The zero-order valence-electron chi connectivity index (χ0n) is 56.3. The van der Waals surface area contributed by atoms with Crippen LogP contribution in [0.5, 0.6) is 0 Å². The van der Waals surface area contributed by atoms with Crippen molar-refractivity contribution in [3.63, 3.8) is 0 Å². The Labute approximate surface area is 569 Å². The van der Waals surface area contributed by atoms with Crippen LogP contribution in [-0.4, -0.2) is 171 Å². The number of benzene rings is 4. The minimum absolute atomic E-state index is 0.0564. The van der Waals surface area contributed by atoms with Gasteiger partial charge in [-0.1, -0.05) is 128 Å². The number of nitrogens with one attached hydrogen (secondary N) is 12. The van der Waals surface area contributed by atoms with E-state index in [9.17, 15) is 47.9 Å². The zero-order chi connectivity index (χ0) is 69.1. The lowest BCUT2D eigenvalue weighted by Crippen LogP contribution is -2.59. The Morgan fingerprint density at radius 2 is 0.856 bits per heavy atom. The highest BCUT2D eigenvalue weighted by Crippen LogP contribution is 2.36. The van der Waals surface area contributed by atoms with Crippen molar-refractivity contribution < 1.29 is 47.9 Å². The van der Waals surface area contributed by atoms with Crippen LogP contribution in [0.15, 0.2) is 121 Å². The van der Waals surface area contributed by atoms with Crippen molar-refractivity contribution in [1.82, 2.24) is 73.6 Å². The quantitative estimate of drug-likeness (QED) is 0.0241. The van der Waals surface area contributed by atoms with Gasteiger partial charge in [-0.2, -0.15) is 0 Å². The van der Waals surface area contributed by atoms with Crippen molar-refractivity contribution >= 4 is 59.1 Å². The molecule has 520 valence electrons. The van der Waals surface area contributed by atoms with E-state index in [-0.39, 0.29) is 111 Å². The third-order valence-electron chi connectivity index (χ3n) is 18.9. The molecule has 0 saturated carbocycles. The zero-order valence-corrected chi connectivity index (χ0v) is 56.3. The van der Waals surface area contributed by atoms with Crippen LogP contribution < -0.4 is 63.8 Å². The molecule has 4 aliphatic rings. The first-order valence-electron chi connectivity index (χ1n) is 34.4. The fourth-order valence-corrected chi connectivity index (χ4v) is 13.4. The third kappa shape index (κ3) is 21.2. The van der Waals surface area contributed by atoms with Crippen molar-refractivity contribution in [2.75, 3.05) is 53.4 Å². The molecule has 97 heavy (non-hydrogen) atoms. The van der Waals surface area contributed by atoms with Gasteiger partial charge in [0, 0.05) is 102 Å². The van der Waals surface area contributed by atoms with Crippen molar-refractivity contribution in [1.29, 1.82) is 0 Å². The molecule has 0 unspecified atom stereocenters. The number of amides is 10. The van der Waals surface area contributed by atoms with E-state index in [1.165, 1.54) is 0 Å². The third-order valence-corrected chi connectivity index (χ3v) is 18.9. The first-order valence-corrected chi connectivity index (χ1v) is 34.4. The van der Waals surface area contributed by atoms with Gasteiger partial charge < -0.3 is 73.6 Å². The summed E-state index contributed by atoms with van der Waals surface area (Å²) in [5.41, 5.74) is 3.24. The average molecular weight is 1330 g/mol. The lowest BCUT2D eigenvalue weighted by atomic mass is 9.92. The molecule has 0 spiro atoms. The summed E-state index contributed by atoms with van der Waals surface area (Å²) in [4.78, 5) is 142. The van der Waals surface area contributed by atoms with Gasteiger partial charge in [0.25, 0.3) is 0 Å². The Kier molecular flexibility index (Phi) is 28.9. The highest BCUT2D eigenvalue weighted by molar-refractivity contribution is 5.97. The van der Waals surface area contributed by atoms with Crippen LogP contribution in [0.25, 0.3) is 0 Å². The number of carbonyl (C=O) groups is 10. The molecule has 12 atom stereocenters. The van der Waals surface area contributed by atoms with E-state index in [1.807, 2.05) is 67.6 Å². The van der Waals surface area contributed by atoms with Gasteiger partial charge in [0.05, 0.1) is 12.1 Å². The Balaban J connectivity index is 0.750. The second-order valence-electron chi connectivity index (χ2n) is 25.5. The minimum Gasteiger partial charge on any atom is -0.354 e. The molecule has 0 bridgehead atoms. The summed E-state index contributed by atoms with van der Waals surface area (Å²) in [7, 11) is 3.38. The molecule has 10 amide bonds. The van der Waals surface area contributed by atoms with E-state index in [2.05, 4.69) is 75.6 Å². The molecule has 4 heterocycles. The van der Waals surface area contributed by atoms with Gasteiger partial charge in [0.2, 0.25) is 59.1 Å². The number of nitrogens with zero attached hydrogens (tertiary/aromatic N) is 2. The smallest absolute Gasteiger partial charge is 0.247 e. The van der Waals surface area contributed by atoms with Gasteiger partial charge in [-0.25, -0.2) is 0 Å². The fraction of sp³-hybridized carbons (Fsp3) is 0.507. The summed E-state index contributed by atoms with van der Waals surface area (Å²) in [6.07, 6.45) is 5.67. The Morgan fingerprint density at radius 3 is 1.25 bits per heavy atom. The Morgan fingerprint density at radius 1 is 0.474 bits per heavy atom. The minimum atomic E-state index is -1.11. The summed E-state index contributed by atoms with van der Waals surface area (Å²) in [6.45, 7) is 6.04. The van der Waals surface area contributed by atoms with Crippen LogP contribution in [0.2, 0.25) is 0 Å². The molecular weight excluding hydrogens is 1230 g/mol. The van der Waals surface area contributed by atoms with Crippen molar-refractivity contribution in [3.8, 4) is 11.8 Å². The van der Waals surface area contributed by atoms with E-state index in [4.69, 9.17) is 0 Å². The Hall–Kier alpha value is -9.02. The number of fused-ring (bicyclic) bond motifs is 2. The highest BCUT2D eigenvalue weighted by Gasteiger charge is 2.50. The number of hydrogen-bond acceptors (Lipinski definition) is 14. The lowest BCUT2D eigenvalue weighted by molar-refractivity contribution is -0.144. The van der Waals surface area contributed by atoms with Crippen LogP contribution in [-0.2, 0) is 61.0 Å². The van der Waals surface area contributed by atoms with Crippen LogP contribution in [0.1, 0.15) is 132 Å². The van der Waals surface area contributed by atoms with Gasteiger partial charge in [-0.15, -0.1) is 11.8 Å². The summed E-state index contributed by atoms with van der Waals surface area (Å²) in [5, 5.41) is 36.1. The average Bonchev–Trinajstić information content (AvgIpc) is 1.66. The van der Waals surface area contributed by atoms with Crippen LogP contribution in [0, 0.1) is 23.7 Å². The van der Waals surface area contributed by atoms with Gasteiger partial charge in [0.15, 0.2) is 0 Å². The molecule has 4 aliphatic heterocycles. The molecule has 24 nitrogen and oxygen atoms in total. The second kappa shape index (κ2) is 38.1. The van der Waals surface area contributed by atoms with E-state index < -0.39 is 72.0 Å². The maximum atomic E-state index is 14.7. The molecule has 4 saturated heterocycles. The van der Waals surface area contributed by atoms with Crippen LogP contribution in [0.3, 0.4) is 0 Å². The maximum absolute atomic E-state index is 14.7. The van der Waals surface area contributed by atoms with Crippen LogP contribution >= 0.6 is 0 Å². The topological polar surface area (TPSA) is 322 Å². The number of likely N-dealkylation sites (N-methyl/N-ethyl adjacent to an activating group) is 2. The molecule has 0 aliphatic carbocycles. The molecule has 4 aromatic rings. The second-order valence-corrected chi connectivity index (χ2v) is 25.5. The fourth-order valence-electron chi connectivity index (χ4n) is 13.4. The molecule has 8 rings (SSSR count). The van der Waals surface area contributed by atoms with E-state index in [0.29, 0.717) is 95.1 Å². The first kappa shape index (κ1) is 73.8. The number of carbonyl (C=O) groups excluding carboxylic acids is 10. The maximum Gasteiger partial charge on any atom is 0.247 e. The van der Waals surface area contributed by atoms with Gasteiger partial charge in [-0.3, -0.25) is 47.9 Å². The summed E-state index contributed by atoms with van der Waals surface area (Å²) < 4.78 is 0. The molecular formula is C73H98N14O10. The molecule has 0 aromatic heterocycles. The van der Waals surface area contributed by atoms with E-state index >= 15 is 0 Å². The highest BCUT2D eigenvalue weighted by atomic mass is 16.2. The lowest BCUT2D eigenvalue weighted by Gasteiger charge is -2.33. The SMILES string of the molecule is CC[C@H](NC)C(=O)N[C@@H]1C(=O)N2[C@@H](CC[C@@H]1CNCc1ccccc1)CC[C@H]2C(=O)N[C@H](C(=O)NCCNC(=O)CCC#CCCC(=O)NCCNC(=O)[C@@H](NC(=O)[C@@H]1CC[C@@H]2CC[C@H](CNCc3ccccc3)[C@H](NC(=O)[C@H](C)NC)C(=O)N21)c1ccccc1)c1ccccc1. The summed E-state index contributed by atoms with van der Waals surface area (Å²) in [5.74, 6) is 1.56. The Bertz CT molecular complexity index is 3330. The predicted octanol–water partition coefficient (Wildman–Crippen LogP) is 2.42. The molecule has 0 radical (unpaired) electrons. The standard InChI is InChI=1S/C73H98N14O10/c1-5-57(75-4)67(91)85-65-54(47-77-45-50-24-14-9-15-25-50)33-35-56-37-39-59(87(56)73(65)97)69(93)83-63(52-28-18-11-19-29-52)71(95)81-43-41-79-61(89)31-21-7-6-20-30-60(88)78-40-42-80-70(94)62(51-26-16-10-17-27-51)82-68(92)58-38-36-55-34-32-53(46-76-44-49-22-12-8-13-23-49)64(72(96)86(55)58)84-66(90)48(2)74-3/h8-19,22-29,48,53-59,62-65,74-77H,5,20-21,30-47H2,1-4H3,(H,78,88)(H,79,89)(H,80,94)(H,81,95)(H,82,92)(H,83,93)(H,84,90)(H,85,91)/t48-,53+,54+,55-,56-,57-,58-,59-,62-,63-,64-,65-/m0/s1. The largest absolute Gasteiger partial charge is 0.354 e. The number of rotatable bonds is 33. The molecule has 12 N–H and O–H groups in total. The van der Waals surface area contributed by atoms with Crippen LogP contribution in [0.4, 0.5) is 0 Å². The van der Waals surface area contributed by atoms with Gasteiger partial charge in [0.1, 0.15) is 36.3 Å².